The second-order valence-corrected chi connectivity index (χ2v) is 9.38. The number of nitrogens with zero attached hydrogens (tertiary/aromatic N) is 1. The lowest BCUT2D eigenvalue weighted by atomic mass is 9.89. The summed E-state index contributed by atoms with van der Waals surface area (Å²) in [4.78, 5) is 13.3. The molecule has 1 aromatic rings. The van der Waals surface area contributed by atoms with Crippen LogP contribution in [0.2, 0.25) is 0 Å². The molecule has 4 nitrogen and oxygen atoms in total. The summed E-state index contributed by atoms with van der Waals surface area (Å²) in [7, 11) is 3.59. The van der Waals surface area contributed by atoms with E-state index in [1.807, 2.05) is 24.3 Å². The highest BCUT2D eigenvalue weighted by Gasteiger charge is 2.42. The van der Waals surface area contributed by atoms with Gasteiger partial charge in [0.2, 0.25) is 5.91 Å². The van der Waals surface area contributed by atoms with Crippen molar-refractivity contribution in [2.75, 3.05) is 14.1 Å². The molecule has 0 spiro atoms. The highest BCUT2D eigenvalue weighted by Crippen LogP contribution is 2.47. The van der Waals surface area contributed by atoms with E-state index in [4.69, 9.17) is 0 Å². The molecule has 4 heteroatoms. The molecule has 1 fully saturated rings. The third-order valence-electron chi connectivity index (χ3n) is 6.58. The predicted molar refractivity (Wildman–Crippen MR) is 126 cm³/mol. The van der Waals surface area contributed by atoms with Crippen LogP contribution in [0.5, 0.6) is 0 Å². The van der Waals surface area contributed by atoms with E-state index in [-0.39, 0.29) is 17.9 Å². The van der Waals surface area contributed by atoms with Gasteiger partial charge in [0.05, 0.1) is 12.2 Å². The minimum absolute atomic E-state index is 0.0945. The van der Waals surface area contributed by atoms with Crippen molar-refractivity contribution in [1.29, 1.82) is 0 Å². The molecule has 0 aromatic heterocycles. The van der Waals surface area contributed by atoms with Gasteiger partial charge in [0.25, 0.3) is 0 Å². The van der Waals surface area contributed by atoms with Crippen molar-refractivity contribution < 1.29 is 15.0 Å². The van der Waals surface area contributed by atoms with Crippen molar-refractivity contribution in [1.82, 2.24) is 4.90 Å². The van der Waals surface area contributed by atoms with Crippen LogP contribution in [0.1, 0.15) is 43.2 Å². The molecule has 0 saturated heterocycles. The molecule has 0 unspecified atom stereocenters. The summed E-state index contributed by atoms with van der Waals surface area (Å²) < 4.78 is 0. The van der Waals surface area contributed by atoms with E-state index in [1.54, 1.807) is 19.0 Å². The van der Waals surface area contributed by atoms with E-state index < -0.39 is 6.10 Å². The van der Waals surface area contributed by atoms with Crippen molar-refractivity contribution in [2.24, 2.45) is 17.8 Å². The van der Waals surface area contributed by atoms with Gasteiger partial charge in [-0.3, -0.25) is 4.79 Å². The van der Waals surface area contributed by atoms with Gasteiger partial charge in [-0.15, -0.1) is 0 Å². The lowest BCUT2D eigenvalue weighted by Crippen LogP contribution is -2.20. The number of carbonyl (C=O) groups excluding carboxylic acids is 1. The Bertz CT molecular complexity index is 839. The summed E-state index contributed by atoms with van der Waals surface area (Å²) in [6.45, 7) is 2.06. The molecule has 5 atom stereocenters. The molecule has 3 rings (SSSR count). The number of aliphatic hydroxyl groups is 2. The number of hydrogen-bond acceptors (Lipinski definition) is 3. The average Bonchev–Trinajstić information content (AvgIpc) is 3.22. The van der Waals surface area contributed by atoms with Crippen molar-refractivity contribution in [3.8, 4) is 0 Å². The minimum Gasteiger partial charge on any atom is -0.392 e. The molecule has 0 radical (unpaired) electrons. The molecule has 2 aliphatic rings. The first-order chi connectivity index (χ1) is 14.8. The van der Waals surface area contributed by atoms with Crippen LogP contribution in [-0.2, 0) is 11.2 Å². The number of rotatable bonds is 9. The van der Waals surface area contributed by atoms with Crippen molar-refractivity contribution >= 4 is 5.91 Å². The van der Waals surface area contributed by atoms with Crippen LogP contribution >= 0.6 is 0 Å². The van der Waals surface area contributed by atoms with Crippen LogP contribution < -0.4 is 0 Å². The highest BCUT2D eigenvalue weighted by molar-refractivity contribution is 5.75. The van der Waals surface area contributed by atoms with E-state index in [0.717, 1.165) is 31.2 Å². The second-order valence-electron chi connectivity index (χ2n) is 9.38. The molecule has 1 aromatic carbocycles. The Morgan fingerprint density at radius 3 is 2.87 bits per heavy atom. The highest BCUT2D eigenvalue weighted by atomic mass is 16.3. The lowest BCUT2D eigenvalue weighted by Gasteiger charge is -2.18. The summed E-state index contributed by atoms with van der Waals surface area (Å²) >= 11 is 0. The molecule has 2 N–H and O–H groups in total. The van der Waals surface area contributed by atoms with Crippen LogP contribution in [-0.4, -0.2) is 47.3 Å². The smallest absolute Gasteiger partial charge is 0.222 e. The van der Waals surface area contributed by atoms with E-state index in [1.165, 1.54) is 11.1 Å². The van der Waals surface area contributed by atoms with E-state index in [2.05, 4.69) is 37.3 Å². The maximum atomic E-state index is 11.6. The fourth-order valence-corrected chi connectivity index (χ4v) is 4.91. The minimum atomic E-state index is -0.536. The van der Waals surface area contributed by atoms with Crippen molar-refractivity contribution in [3.63, 3.8) is 0 Å². The van der Waals surface area contributed by atoms with Crippen molar-refractivity contribution in [2.45, 2.75) is 57.7 Å². The number of aliphatic hydroxyl groups excluding tert-OH is 2. The predicted octanol–water partition coefficient (Wildman–Crippen LogP) is 4.21. The first-order valence-electron chi connectivity index (χ1n) is 11.5. The summed E-state index contributed by atoms with van der Waals surface area (Å²) in [6, 6.07) is 8.23. The Balaban J connectivity index is 1.48. The number of aryl methyl sites for hydroxylation is 1. The zero-order chi connectivity index (χ0) is 22.4. The monoisotopic (exact) mass is 423 g/mol. The SMILES string of the molecule is Cc1cccc(C[C@H](O)/C=C/[C@@H]2[C@H]3CC(/C=C\CCCC(=O)N(C)C)=C[C@H]3C[C@H]2O)c1. The summed E-state index contributed by atoms with van der Waals surface area (Å²) in [5, 5.41) is 21.0. The number of fused-ring (bicyclic) bond motifs is 1. The first-order valence-corrected chi connectivity index (χ1v) is 11.5. The van der Waals surface area contributed by atoms with Crippen molar-refractivity contribution in [3.05, 3.63) is 71.3 Å². The maximum Gasteiger partial charge on any atom is 0.222 e. The van der Waals surface area contributed by atoms with Gasteiger partial charge in [0.1, 0.15) is 0 Å². The summed E-state index contributed by atoms with van der Waals surface area (Å²) in [6.07, 6.45) is 14.4. The zero-order valence-corrected chi connectivity index (χ0v) is 19.1. The van der Waals surface area contributed by atoms with Gasteiger partial charge in [0.15, 0.2) is 0 Å². The number of carbonyl (C=O) groups is 1. The number of allylic oxidation sites excluding steroid dienone is 4. The maximum absolute atomic E-state index is 11.6. The topological polar surface area (TPSA) is 60.8 Å². The molecular weight excluding hydrogens is 386 g/mol. The fourth-order valence-electron chi connectivity index (χ4n) is 4.91. The molecule has 0 aliphatic heterocycles. The van der Waals surface area contributed by atoms with E-state index >= 15 is 0 Å². The summed E-state index contributed by atoms with van der Waals surface area (Å²) in [5.41, 5.74) is 3.66. The van der Waals surface area contributed by atoms with Crippen LogP contribution in [0, 0.1) is 24.7 Å². The number of hydrogen-bond donors (Lipinski definition) is 2. The molecule has 1 saturated carbocycles. The Labute approximate surface area is 187 Å². The Morgan fingerprint density at radius 1 is 1.32 bits per heavy atom. The van der Waals surface area contributed by atoms with Crippen LogP contribution in [0.15, 0.2) is 60.2 Å². The molecule has 2 aliphatic carbocycles. The molecule has 31 heavy (non-hydrogen) atoms. The van der Waals surface area contributed by atoms with Gasteiger partial charge >= 0.3 is 0 Å². The number of unbranched alkanes of at least 4 members (excludes halogenated alkanes) is 1. The normalized spacial score (nSPS) is 26.4. The van der Waals surface area contributed by atoms with E-state index in [0.29, 0.717) is 24.7 Å². The quantitative estimate of drug-likeness (QED) is 0.462. The summed E-state index contributed by atoms with van der Waals surface area (Å²) in [5.74, 6) is 1.09. The fraction of sp³-hybridized carbons (Fsp3) is 0.519. The number of benzene rings is 1. The lowest BCUT2D eigenvalue weighted by molar-refractivity contribution is -0.128. The van der Waals surface area contributed by atoms with Crippen LogP contribution in [0.3, 0.4) is 0 Å². The molecule has 168 valence electrons. The molecular formula is C27H37NO3. The standard InChI is InChI=1S/C27H37NO3/c1-19-8-7-10-20(14-19)16-23(29)12-13-24-25-17-21(15-22(25)18-26(24)30)9-5-4-6-11-27(31)28(2)3/h5,7-10,12-15,22-26,29-30H,4,6,11,16-18H2,1-3H3/b9-5-,13-12+/t22-,23+,24+,25-,26+/m0/s1. The molecule has 0 bridgehead atoms. The van der Waals surface area contributed by atoms with Crippen LogP contribution in [0.25, 0.3) is 0 Å². The van der Waals surface area contributed by atoms with Gasteiger partial charge < -0.3 is 15.1 Å². The zero-order valence-electron chi connectivity index (χ0n) is 19.1. The molecule has 1 amide bonds. The van der Waals surface area contributed by atoms with Gasteiger partial charge in [-0.2, -0.15) is 0 Å². The molecule has 0 heterocycles. The largest absolute Gasteiger partial charge is 0.392 e. The van der Waals surface area contributed by atoms with E-state index in [9.17, 15) is 15.0 Å². The second kappa shape index (κ2) is 10.9. The Kier molecular flexibility index (Phi) is 8.28. The van der Waals surface area contributed by atoms with Gasteiger partial charge in [-0.05, 0) is 50.0 Å². The van der Waals surface area contributed by atoms with Gasteiger partial charge in [-0.25, -0.2) is 0 Å². The first kappa shape index (κ1) is 23.5. The Hall–Kier alpha value is -2.17. The third-order valence-corrected chi connectivity index (χ3v) is 6.58. The third kappa shape index (κ3) is 6.65. The number of amides is 1. The van der Waals surface area contributed by atoms with Crippen LogP contribution in [0.4, 0.5) is 0 Å². The average molecular weight is 424 g/mol. The Morgan fingerprint density at radius 2 is 2.13 bits per heavy atom. The van der Waals surface area contributed by atoms with Gasteiger partial charge in [0, 0.05) is 32.9 Å². The van der Waals surface area contributed by atoms with Gasteiger partial charge in [-0.1, -0.05) is 65.8 Å².